The maximum atomic E-state index is 13.1. The highest BCUT2D eigenvalue weighted by molar-refractivity contribution is 9.10. The molecule has 0 aliphatic heterocycles. The zero-order valence-corrected chi connectivity index (χ0v) is 22.0. The number of Topliss-reactive ketones (excluding diaryl/α,β-unsaturated/α-hetero) is 1. The molecular weight excluding hydrogens is 488 g/mol. The van der Waals surface area contributed by atoms with Gasteiger partial charge in [-0.2, -0.15) is 0 Å². The molecule has 3 rings (SSSR count). The van der Waals surface area contributed by atoms with Gasteiger partial charge in [-0.1, -0.05) is 19.6 Å². The number of hydrogen-bond donors (Lipinski definition) is 0. The molecule has 8 heteroatoms. The molecule has 0 bridgehead atoms. The lowest BCUT2D eigenvalue weighted by molar-refractivity contribution is -0.122. The molecule has 0 radical (unpaired) electrons. The zero-order chi connectivity index (χ0) is 23.5. The maximum absolute atomic E-state index is 13.1. The molecule has 0 aromatic carbocycles. The molecule has 6 nitrogen and oxygen atoms in total. The monoisotopic (exact) mass is 518 g/mol. The van der Waals surface area contributed by atoms with Crippen molar-refractivity contribution in [1.29, 1.82) is 0 Å². The average molecular weight is 520 g/mol. The Morgan fingerprint density at radius 1 is 1.16 bits per heavy atom. The largest absolute Gasteiger partial charge is 0.462 e. The molecule has 2 aromatic rings. The average Bonchev–Trinajstić information content (AvgIpc) is 3.11. The van der Waals surface area contributed by atoms with Gasteiger partial charge in [0.25, 0.3) is 0 Å². The lowest BCUT2D eigenvalue weighted by atomic mass is 9.74. The van der Waals surface area contributed by atoms with Crippen molar-refractivity contribution < 1.29 is 19.1 Å². The Labute approximate surface area is 199 Å². The Hall–Kier alpha value is -1.90. The van der Waals surface area contributed by atoms with Crippen LogP contribution in [0, 0.1) is 0 Å². The third kappa shape index (κ3) is 5.53. The van der Waals surface area contributed by atoms with Gasteiger partial charge in [0.05, 0.1) is 29.9 Å². The number of rotatable bonds is 9. The maximum Gasteiger partial charge on any atom is 0.339 e. The van der Waals surface area contributed by atoms with Crippen LogP contribution in [0.5, 0.6) is 0 Å². The van der Waals surface area contributed by atoms with E-state index in [9.17, 15) is 9.59 Å². The number of carbonyl (C=O) groups excluding carboxylic acids is 2. The van der Waals surface area contributed by atoms with Crippen molar-refractivity contribution in [2.75, 3.05) is 13.2 Å². The van der Waals surface area contributed by atoms with Gasteiger partial charge in [-0.15, -0.1) is 0 Å². The topological polar surface area (TPSA) is 78.4 Å². The Morgan fingerprint density at radius 3 is 2.56 bits per heavy atom. The molecular formula is C24H31BrN2O4Si. The number of carbonyl (C=O) groups is 2. The number of aromatic nitrogens is 2. The number of ketones is 1. The summed E-state index contributed by atoms with van der Waals surface area (Å²) in [7, 11) is -1.19. The van der Waals surface area contributed by atoms with Gasteiger partial charge in [0.15, 0.2) is 0 Å². The molecule has 0 amide bonds. The van der Waals surface area contributed by atoms with Crippen molar-refractivity contribution in [1.82, 2.24) is 9.97 Å². The summed E-state index contributed by atoms with van der Waals surface area (Å²) in [6, 6.07) is 4.85. The van der Waals surface area contributed by atoms with Crippen LogP contribution >= 0.6 is 15.9 Å². The first-order chi connectivity index (χ1) is 15.1. The smallest absolute Gasteiger partial charge is 0.339 e. The van der Waals surface area contributed by atoms with E-state index in [0.717, 1.165) is 33.0 Å². The molecule has 0 saturated heterocycles. The number of nitrogens with zero attached hydrogens (tertiary/aromatic N) is 2. The van der Waals surface area contributed by atoms with Crippen molar-refractivity contribution in [2.45, 2.75) is 64.4 Å². The van der Waals surface area contributed by atoms with E-state index in [-0.39, 0.29) is 5.78 Å². The van der Waals surface area contributed by atoms with Gasteiger partial charge in [0.1, 0.15) is 5.78 Å². The Bertz CT molecular complexity index is 1020. The molecule has 2 heterocycles. The number of pyridine rings is 2. The Balaban J connectivity index is 1.92. The summed E-state index contributed by atoms with van der Waals surface area (Å²) in [5, 5.41) is 0. The molecule has 0 saturated carbocycles. The number of halogens is 1. The van der Waals surface area contributed by atoms with E-state index >= 15 is 0 Å². The molecule has 32 heavy (non-hydrogen) atoms. The molecule has 0 spiro atoms. The minimum Gasteiger partial charge on any atom is -0.462 e. The quantitative estimate of drug-likeness (QED) is 0.267. The SMILES string of the molecule is CCOC(=O)c1cnc2c(c1)C[C@@](C(C)=O)(c1cc(Br)cnc1COCC[Si](C)(C)C)C2. The lowest BCUT2D eigenvalue weighted by Gasteiger charge is -2.28. The van der Waals surface area contributed by atoms with Crippen LogP contribution in [0.2, 0.25) is 25.7 Å². The predicted molar refractivity (Wildman–Crippen MR) is 130 cm³/mol. The van der Waals surface area contributed by atoms with Crippen LogP contribution in [-0.2, 0) is 39.1 Å². The third-order valence-corrected chi connectivity index (χ3v) is 8.03. The first kappa shape index (κ1) is 24.7. The van der Waals surface area contributed by atoms with E-state index < -0.39 is 19.5 Å². The van der Waals surface area contributed by atoms with Crippen LogP contribution in [0.15, 0.2) is 29.0 Å². The summed E-state index contributed by atoms with van der Waals surface area (Å²) >= 11 is 3.52. The number of esters is 1. The van der Waals surface area contributed by atoms with Crippen LogP contribution in [0.3, 0.4) is 0 Å². The number of ether oxygens (including phenoxy) is 2. The van der Waals surface area contributed by atoms with Crippen molar-refractivity contribution in [3.05, 3.63) is 57.1 Å². The van der Waals surface area contributed by atoms with E-state index in [0.29, 0.717) is 38.2 Å². The van der Waals surface area contributed by atoms with E-state index in [1.807, 2.05) is 6.07 Å². The van der Waals surface area contributed by atoms with E-state index in [1.54, 1.807) is 26.1 Å². The third-order valence-electron chi connectivity index (χ3n) is 5.89. The lowest BCUT2D eigenvalue weighted by Crippen LogP contribution is -2.36. The van der Waals surface area contributed by atoms with Crippen LogP contribution in [0.1, 0.15) is 46.7 Å². The highest BCUT2D eigenvalue weighted by Crippen LogP contribution is 2.42. The summed E-state index contributed by atoms with van der Waals surface area (Å²) in [6.07, 6.45) is 4.22. The standard InChI is InChI=1S/C24H31BrN2O4Si/c1-6-31-23(29)18-9-17-11-24(16(2)28,12-21(17)26-13-18)20-10-19(25)14-27-22(20)15-30-7-8-32(3,4)5/h9-10,13-14H,6-8,11-12,15H2,1-5H3/t24-/m1/s1. The summed E-state index contributed by atoms with van der Waals surface area (Å²) in [5.41, 5.74) is 3.00. The van der Waals surface area contributed by atoms with Crippen LogP contribution in [-0.4, -0.2) is 43.0 Å². The molecule has 0 unspecified atom stereocenters. The Kier molecular flexibility index (Phi) is 7.67. The van der Waals surface area contributed by atoms with Gasteiger partial charge < -0.3 is 9.47 Å². The van der Waals surface area contributed by atoms with Gasteiger partial charge in [-0.3, -0.25) is 14.8 Å². The first-order valence-electron chi connectivity index (χ1n) is 10.9. The van der Waals surface area contributed by atoms with Crippen LogP contribution in [0.25, 0.3) is 0 Å². The van der Waals surface area contributed by atoms with E-state index in [4.69, 9.17) is 9.47 Å². The second-order valence-corrected chi connectivity index (χ2v) is 16.1. The normalized spacial score (nSPS) is 17.8. The van der Waals surface area contributed by atoms with E-state index in [1.165, 1.54) is 6.20 Å². The summed E-state index contributed by atoms with van der Waals surface area (Å²) in [4.78, 5) is 34.4. The van der Waals surface area contributed by atoms with Crippen molar-refractivity contribution in [3.8, 4) is 0 Å². The van der Waals surface area contributed by atoms with Crippen molar-refractivity contribution in [3.63, 3.8) is 0 Å². The van der Waals surface area contributed by atoms with Gasteiger partial charge in [0, 0.05) is 43.7 Å². The fraction of sp³-hybridized carbons (Fsp3) is 0.500. The van der Waals surface area contributed by atoms with Crippen LogP contribution < -0.4 is 0 Å². The second-order valence-electron chi connectivity index (χ2n) is 9.55. The van der Waals surface area contributed by atoms with Crippen LogP contribution in [0.4, 0.5) is 0 Å². The molecule has 2 aromatic heterocycles. The summed E-state index contributed by atoms with van der Waals surface area (Å²) < 4.78 is 11.9. The molecule has 1 aliphatic carbocycles. The van der Waals surface area contributed by atoms with Gasteiger partial charge in [0.2, 0.25) is 0 Å². The fourth-order valence-electron chi connectivity index (χ4n) is 4.02. The van der Waals surface area contributed by atoms with Crippen molar-refractivity contribution in [2.24, 2.45) is 0 Å². The highest BCUT2D eigenvalue weighted by atomic mass is 79.9. The number of fused-ring (bicyclic) bond motifs is 1. The molecule has 0 N–H and O–H groups in total. The van der Waals surface area contributed by atoms with Gasteiger partial charge >= 0.3 is 5.97 Å². The summed E-state index contributed by atoms with van der Waals surface area (Å²) in [6.45, 7) is 11.7. The Morgan fingerprint density at radius 2 is 1.91 bits per heavy atom. The number of hydrogen-bond acceptors (Lipinski definition) is 6. The molecule has 0 fully saturated rings. The first-order valence-corrected chi connectivity index (χ1v) is 15.4. The minimum absolute atomic E-state index is 0.0523. The van der Waals surface area contributed by atoms with Gasteiger partial charge in [-0.25, -0.2) is 4.79 Å². The van der Waals surface area contributed by atoms with Crippen molar-refractivity contribution >= 4 is 35.8 Å². The summed E-state index contributed by atoms with van der Waals surface area (Å²) in [5.74, 6) is -0.347. The highest BCUT2D eigenvalue weighted by Gasteiger charge is 2.45. The molecule has 1 aliphatic rings. The second kappa shape index (κ2) is 9.93. The zero-order valence-electron chi connectivity index (χ0n) is 19.5. The molecule has 1 atom stereocenters. The fourth-order valence-corrected chi connectivity index (χ4v) is 5.11. The van der Waals surface area contributed by atoms with Gasteiger partial charge in [-0.05, 0) is 65.5 Å². The van der Waals surface area contributed by atoms with E-state index in [2.05, 4.69) is 45.5 Å². The molecule has 172 valence electrons. The minimum atomic E-state index is -1.19. The predicted octanol–water partition coefficient (Wildman–Crippen LogP) is 4.90.